The fourth-order valence-electron chi connectivity index (χ4n) is 2.38. The second kappa shape index (κ2) is 5.44. The van der Waals surface area contributed by atoms with E-state index in [1.54, 1.807) is 15.8 Å². The third-order valence-electron chi connectivity index (χ3n) is 3.48. The van der Waals surface area contributed by atoms with Crippen LogP contribution in [0.4, 0.5) is 4.79 Å². The summed E-state index contributed by atoms with van der Waals surface area (Å²) in [6.07, 6.45) is 3.31. The zero-order chi connectivity index (χ0) is 14.8. The first kappa shape index (κ1) is 13.4. The zero-order valence-corrected chi connectivity index (χ0v) is 12.1. The van der Waals surface area contributed by atoms with Gasteiger partial charge in [-0.3, -0.25) is 4.90 Å². The van der Waals surface area contributed by atoms with Gasteiger partial charge in [0.25, 0.3) is 0 Å². The van der Waals surface area contributed by atoms with Crippen LogP contribution in [0.15, 0.2) is 36.5 Å². The predicted octanol–water partition coefficient (Wildman–Crippen LogP) is 3.08. The van der Waals surface area contributed by atoms with E-state index < -0.39 is 0 Å². The van der Waals surface area contributed by atoms with E-state index in [1.807, 2.05) is 50.3 Å². The van der Waals surface area contributed by atoms with E-state index in [0.29, 0.717) is 6.54 Å². The first-order valence-electron chi connectivity index (χ1n) is 6.84. The largest absolute Gasteiger partial charge is 0.426 e. The molecule has 0 atom stereocenters. The minimum absolute atomic E-state index is 0.129. The van der Waals surface area contributed by atoms with Crippen LogP contribution in [0.1, 0.15) is 22.5 Å². The predicted molar refractivity (Wildman–Crippen MR) is 79.2 cm³/mol. The molecule has 5 heteroatoms. The van der Waals surface area contributed by atoms with Crippen molar-refractivity contribution in [2.45, 2.75) is 27.1 Å². The van der Waals surface area contributed by atoms with Crippen molar-refractivity contribution in [2.24, 2.45) is 0 Å². The Morgan fingerprint density at radius 2 is 2.14 bits per heavy atom. The zero-order valence-electron chi connectivity index (χ0n) is 12.1. The van der Waals surface area contributed by atoms with Crippen molar-refractivity contribution in [3.8, 4) is 0 Å². The van der Waals surface area contributed by atoms with Gasteiger partial charge in [0.05, 0.1) is 12.2 Å². The quantitative estimate of drug-likeness (QED) is 0.851. The maximum atomic E-state index is 12.1. The maximum Gasteiger partial charge on any atom is 0.415 e. The summed E-state index contributed by atoms with van der Waals surface area (Å²) >= 11 is 0. The SMILES string of the molecule is Cc1cc(C)n(COC(=O)N2C=Cc3ccccc3C2)n1. The van der Waals surface area contributed by atoms with Gasteiger partial charge in [-0.2, -0.15) is 5.10 Å². The lowest BCUT2D eigenvalue weighted by atomic mass is 10.1. The number of nitrogens with zero attached hydrogens (tertiary/aromatic N) is 3. The fraction of sp³-hybridized carbons (Fsp3) is 0.250. The van der Waals surface area contributed by atoms with Gasteiger partial charge in [0.2, 0.25) is 0 Å². The number of aryl methyl sites for hydroxylation is 2. The van der Waals surface area contributed by atoms with Crippen molar-refractivity contribution in [2.75, 3.05) is 0 Å². The molecule has 0 saturated heterocycles. The number of hydrogen-bond acceptors (Lipinski definition) is 3. The number of benzene rings is 1. The second-order valence-corrected chi connectivity index (χ2v) is 5.11. The van der Waals surface area contributed by atoms with Crippen LogP contribution in [-0.2, 0) is 18.0 Å². The van der Waals surface area contributed by atoms with Gasteiger partial charge >= 0.3 is 6.09 Å². The molecule has 0 fully saturated rings. The highest BCUT2D eigenvalue weighted by Crippen LogP contribution is 2.19. The molecule has 3 rings (SSSR count). The van der Waals surface area contributed by atoms with Gasteiger partial charge in [-0.25, -0.2) is 9.48 Å². The van der Waals surface area contributed by atoms with Gasteiger partial charge in [0, 0.05) is 11.9 Å². The highest BCUT2D eigenvalue weighted by Gasteiger charge is 2.18. The van der Waals surface area contributed by atoms with E-state index in [2.05, 4.69) is 5.10 Å². The summed E-state index contributed by atoms with van der Waals surface area (Å²) in [7, 11) is 0. The van der Waals surface area contributed by atoms with Crippen LogP contribution in [-0.4, -0.2) is 20.8 Å². The molecule has 1 aliphatic heterocycles. The Hall–Kier alpha value is -2.56. The number of hydrogen-bond donors (Lipinski definition) is 0. The monoisotopic (exact) mass is 283 g/mol. The van der Waals surface area contributed by atoms with Crippen molar-refractivity contribution >= 4 is 12.2 Å². The molecule has 1 amide bonds. The van der Waals surface area contributed by atoms with Gasteiger partial charge in [0.1, 0.15) is 0 Å². The molecule has 5 nitrogen and oxygen atoms in total. The van der Waals surface area contributed by atoms with E-state index in [-0.39, 0.29) is 12.8 Å². The average molecular weight is 283 g/mol. The van der Waals surface area contributed by atoms with Gasteiger partial charge < -0.3 is 4.74 Å². The standard InChI is InChI=1S/C16H17N3O2/c1-12-9-13(2)19(17-12)11-21-16(20)18-8-7-14-5-3-4-6-15(14)10-18/h3-9H,10-11H2,1-2H3. The molecule has 0 radical (unpaired) electrons. The second-order valence-electron chi connectivity index (χ2n) is 5.11. The summed E-state index contributed by atoms with van der Waals surface area (Å²) in [5.41, 5.74) is 4.14. The summed E-state index contributed by atoms with van der Waals surface area (Å²) in [6.45, 7) is 4.51. The average Bonchev–Trinajstić information content (AvgIpc) is 2.82. The molecule has 2 aromatic rings. The highest BCUT2D eigenvalue weighted by atomic mass is 16.6. The first-order chi connectivity index (χ1) is 10.1. The lowest BCUT2D eigenvalue weighted by molar-refractivity contribution is 0.0803. The van der Waals surface area contributed by atoms with Crippen molar-refractivity contribution < 1.29 is 9.53 Å². The van der Waals surface area contributed by atoms with Gasteiger partial charge in [-0.1, -0.05) is 24.3 Å². The molecule has 0 N–H and O–H groups in total. The Kier molecular flexibility index (Phi) is 3.48. The molecule has 1 aromatic carbocycles. The molecule has 0 bridgehead atoms. The van der Waals surface area contributed by atoms with E-state index >= 15 is 0 Å². The van der Waals surface area contributed by atoms with Gasteiger partial charge in [0.15, 0.2) is 6.73 Å². The summed E-state index contributed by atoms with van der Waals surface area (Å²) in [4.78, 5) is 13.7. The number of carbonyl (C=O) groups is 1. The summed E-state index contributed by atoms with van der Waals surface area (Å²) in [6, 6.07) is 9.95. The number of fused-ring (bicyclic) bond motifs is 1. The number of carbonyl (C=O) groups excluding carboxylic acids is 1. The van der Waals surface area contributed by atoms with Crippen LogP contribution >= 0.6 is 0 Å². The third kappa shape index (κ3) is 2.81. The van der Waals surface area contributed by atoms with Crippen LogP contribution in [0, 0.1) is 13.8 Å². The molecule has 0 saturated carbocycles. The fourth-order valence-corrected chi connectivity index (χ4v) is 2.38. The Bertz CT molecular complexity index is 703. The Balaban J connectivity index is 1.64. The Morgan fingerprint density at radius 3 is 2.90 bits per heavy atom. The summed E-state index contributed by atoms with van der Waals surface area (Å²) in [5, 5.41) is 4.27. The molecule has 108 valence electrons. The van der Waals surface area contributed by atoms with E-state index in [1.165, 1.54) is 0 Å². The van der Waals surface area contributed by atoms with Crippen LogP contribution in [0.3, 0.4) is 0 Å². The Labute approximate surface area is 123 Å². The van der Waals surface area contributed by atoms with Crippen LogP contribution in [0.2, 0.25) is 0 Å². The van der Waals surface area contributed by atoms with E-state index in [9.17, 15) is 4.79 Å². The Morgan fingerprint density at radius 1 is 1.33 bits per heavy atom. The normalized spacial score (nSPS) is 13.1. The molecule has 0 unspecified atom stereocenters. The molecule has 21 heavy (non-hydrogen) atoms. The van der Waals surface area contributed by atoms with Crippen molar-refractivity contribution in [3.05, 3.63) is 59.0 Å². The number of ether oxygens (including phenoxy) is 1. The number of amides is 1. The van der Waals surface area contributed by atoms with E-state index in [4.69, 9.17) is 4.74 Å². The van der Waals surface area contributed by atoms with Gasteiger partial charge in [-0.05, 0) is 37.1 Å². The molecular weight excluding hydrogens is 266 g/mol. The lowest BCUT2D eigenvalue weighted by Gasteiger charge is -2.23. The topological polar surface area (TPSA) is 47.4 Å². The third-order valence-corrected chi connectivity index (χ3v) is 3.48. The van der Waals surface area contributed by atoms with Crippen LogP contribution in [0.25, 0.3) is 6.08 Å². The summed E-state index contributed by atoms with van der Waals surface area (Å²) < 4.78 is 6.99. The molecule has 0 aliphatic carbocycles. The van der Waals surface area contributed by atoms with Crippen molar-refractivity contribution in [3.63, 3.8) is 0 Å². The van der Waals surface area contributed by atoms with Crippen LogP contribution < -0.4 is 0 Å². The molecule has 2 heterocycles. The molecule has 1 aliphatic rings. The summed E-state index contributed by atoms with van der Waals surface area (Å²) in [5.74, 6) is 0. The van der Waals surface area contributed by atoms with Crippen LogP contribution in [0.5, 0.6) is 0 Å². The van der Waals surface area contributed by atoms with Gasteiger partial charge in [-0.15, -0.1) is 0 Å². The number of aromatic nitrogens is 2. The maximum absolute atomic E-state index is 12.1. The molecular formula is C16H17N3O2. The van der Waals surface area contributed by atoms with Crippen molar-refractivity contribution in [1.82, 2.24) is 14.7 Å². The lowest BCUT2D eigenvalue weighted by Crippen LogP contribution is -2.29. The minimum Gasteiger partial charge on any atom is -0.426 e. The number of rotatable bonds is 2. The van der Waals surface area contributed by atoms with E-state index in [0.717, 1.165) is 22.5 Å². The highest BCUT2D eigenvalue weighted by molar-refractivity contribution is 5.72. The van der Waals surface area contributed by atoms with Crippen molar-refractivity contribution in [1.29, 1.82) is 0 Å². The minimum atomic E-state index is -0.367. The molecule has 1 aromatic heterocycles. The molecule has 0 spiro atoms. The first-order valence-corrected chi connectivity index (χ1v) is 6.84. The smallest absolute Gasteiger partial charge is 0.415 e.